The average Bonchev–Trinajstić information content (AvgIpc) is 2.62. The topological polar surface area (TPSA) is 42.2 Å². The Morgan fingerprint density at radius 1 is 1.69 bits per heavy atom. The lowest BCUT2D eigenvalue weighted by Gasteiger charge is -2.26. The second kappa shape index (κ2) is 3.64. The van der Waals surface area contributed by atoms with Crippen LogP contribution in [0.25, 0.3) is 0 Å². The predicted octanol–water partition coefficient (Wildman–Crippen LogP) is 1.06. The molecule has 13 heavy (non-hydrogen) atoms. The highest BCUT2D eigenvalue weighted by atomic mass is 32.2. The fraction of sp³-hybridized carbons (Fsp3) is 0.556. The number of furan rings is 1. The van der Waals surface area contributed by atoms with Crippen LogP contribution in [0.2, 0.25) is 0 Å². The summed E-state index contributed by atoms with van der Waals surface area (Å²) in [7, 11) is -0.704. The molecule has 1 aromatic rings. The number of hydrogen-bond donors (Lipinski definition) is 1. The molecule has 1 aromatic heterocycles. The van der Waals surface area contributed by atoms with Gasteiger partial charge in [0.15, 0.2) is 0 Å². The highest BCUT2D eigenvalue weighted by molar-refractivity contribution is 7.85. The molecule has 3 unspecified atom stereocenters. The van der Waals surface area contributed by atoms with Gasteiger partial charge in [0.2, 0.25) is 0 Å². The Morgan fingerprint density at radius 2 is 2.54 bits per heavy atom. The molecule has 2 rings (SSSR count). The van der Waals surface area contributed by atoms with Crippen molar-refractivity contribution in [3.63, 3.8) is 0 Å². The van der Waals surface area contributed by atoms with Gasteiger partial charge in [-0.2, -0.15) is 0 Å². The molecule has 3 atom stereocenters. The van der Waals surface area contributed by atoms with Crippen molar-refractivity contribution in [3.05, 3.63) is 24.2 Å². The van der Waals surface area contributed by atoms with Gasteiger partial charge in [-0.25, -0.2) is 0 Å². The Bertz CT molecular complexity index is 297. The van der Waals surface area contributed by atoms with Gasteiger partial charge < -0.3 is 9.73 Å². The highest BCUT2D eigenvalue weighted by Gasteiger charge is 2.25. The first-order chi connectivity index (χ1) is 6.27. The normalized spacial score (nSPS) is 34.7. The Labute approximate surface area is 80.0 Å². The van der Waals surface area contributed by atoms with Crippen LogP contribution in [0.1, 0.15) is 18.5 Å². The van der Waals surface area contributed by atoms with Crippen LogP contribution in [0.3, 0.4) is 0 Å². The molecular weight excluding hydrogens is 186 g/mol. The molecule has 1 N–H and O–H groups in total. The molecule has 0 aliphatic carbocycles. The van der Waals surface area contributed by atoms with Gasteiger partial charge in [0, 0.05) is 40.0 Å². The van der Waals surface area contributed by atoms with Crippen LogP contribution in [0.4, 0.5) is 0 Å². The van der Waals surface area contributed by atoms with E-state index in [-0.39, 0.29) is 11.3 Å². The maximum Gasteiger partial charge on any atom is 0.0950 e. The maximum atomic E-state index is 11.5. The largest absolute Gasteiger partial charge is 0.472 e. The summed E-state index contributed by atoms with van der Waals surface area (Å²) >= 11 is 0. The molecule has 0 radical (unpaired) electrons. The molecule has 72 valence electrons. The molecular formula is C9H13NO2S. The van der Waals surface area contributed by atoms with Gasteiger partial charge in [0.25, 0.3) is 0 Å². The van der Waals surface area contributed by atoms with Crippen molar-refractivity contribution in [1.29, 1.82) is 0 Å². The third-order valence-electron chi connectivity index (χ3n) is 2.38. The van der Waals surface area contributed by atoms with E-state index in [4.69, 9.17) is 4.42 Å². The minimum Gasteiger partial charge on any atom is -0.472 e. The van der Waals surface area contributed by atoms with Crippen LogP contribution in [0, 0.1) is 0 Å². The van der Waals surface area contributed by atoms with E-state index in [1.165, 1.54) is 0 Å². The van der Waals surface area contributed by atoms with Crippen LogP contribution in [0.15, 0.2) is 23.0 Å². The molecule has 1 fully saturated rings. The fourth-order valence-corrected chi connectivity index (χ4v) is 2.73. The summed E-state index contributed by atoms with van der Waals surface area (Å²) in [6.45, 7) is 2.83. The summed E-state index contributed by atoms with van der Waals surface area (Å²) < 4.78 is 16.5. The smallest absolute Gasteiger partial charge is 0.0950 e. The zero-order valence-corrected chi connectivity index (χ0v) is 8.34. The zero-order chi connectivity index (χ0) is 9.26. The fourth-order valence-electron chi connectivity index (χ4n) is 1.48. The van der Waals surface area contributed by atoms with E-state index in [1.54, 1.807) is 12.5 Å². The zero-order valence-electron chi connectivity index (χ0n) is 7.53. The third-order valence-corrected chi connectivity index (χ3v) is 4.10. The summed E-state index contributed by atoms with van der Waals surface area (Å²) in [6.07, 6.45) is 3.36. The monoisotopic (exact) mass is 199 g/mol. The van der Waals surface area contributed by atoms with E-state index in [0.29, 0.717) is 5.75 Å². The molecule has 3 nitrogen and oxygen atoms in total. The minimum atomic E-state index is -0.704. The van der Waals surface area contributed by atoms with Crippen LogP contribution in [0.5, 0.6) is 0 Å². The molecule has 2 heterocycles. The molecule has 1 aliphatic heterocycles. The minimum absolute atomic E-state index is 0.204. The van der Waals surface area contributed by atoms with Crippen molar-refractivity contribution >= 4 is 10.8 Å². The molecule has 0 spiro atoms. The number of nitrogens with one attached hydrogen (secondary N) is 1. The lowest BCUT2D eigenvalue weighted by Crippen LogP contribution is -2.41. The van der Waals surface area contributed by atoms with Gasteiger partial charge in [0.05, 0.1) is 12.5 Å². The van der Waals surface area contributed by atoms with E-state index < -0.39 is 10.8 Å². The van der Waals surface area contributed by atoms with Crippen LogP contribution in [-0.2, 0) is 10.8 Å². The van der Waals surface area contributed by atoms with Gasteiger partial charge in [-0.3, -0.25) is 4.21 Å². The van der Waals surface area contributed by atoms with Crippen LogP contribution >= 0.6 is 0 Å². The van der Waals surface area contributed by atoms with Gasteiger partial charge >= 0.3 is 0 Å². The molecule has 0 amide bonds. The second-order valence-corrected chi connectivity index (χ2v) is 5.28. The number of hydrogen-bond acceptors (Lipinski definition) is 3. The SMILES string of the molecule is CC1CNC(c2ccoc2)CS1=O. The molecule has 0 bridgehead atoms. The Kier molecular flexibility index (Phi) is 2.51. The molecule has 1 aliphatic rings. The van der Waals surface area contributed by atoms with Gasteiger partial charge in [-0.05, 0) is 13.0 Å². The summed E-state index contributed by atoms with van der Waals surface area (Å²) in [5.41, 5.74) is 1.10. The second-order valence-electron chi connectivity index (χ2n) is 3.38. The van der Waals surface area contributed by atoms with Gasteiger partial charge in [-0.1, -0.05) is 0 Å². The maximum absolute atomic E-state index is 11.5. The highest BCUT2D eigenvalue weighted by Crippen LogP contribution is 2.19. The molecule has 4 heteroatoms. The Morgan fingerprint density at radius 3 is 3.15 bits per heavy atom. The van der Waals surface area contributed by atoms with E-state index in [9.17, 15) is 4.21 Å². The first kappa shape index (κ1) is 8.97. The summed E-state index contributed by atoms with van der Waals surface area (Å²) in [5.74, 6) is 0.695. The Balaban J connectivity index is 2.08. The Hall–Kier alpha value is -0.610. The van der Waals surface area contributed by atoms with E-state index in [1.807, 2.05) is 13.0 Å². The van der Waals surface area contributed by atoms with E-state index >= 15 is 0 Å². The summed E-state index contributed by atoms with van der Waals surface area (Å²) in [4.78, 5) is 0. The molecule has 1 saturated heterocycles. The third kappa shape index (κ3) is 1.84. The lowest BCUT2D eigenvalue weighted by atomic mass is 10.2. The lowest BCUT2D eigenvalue weighted by molar-refractivity contribution is 0.523. The molecule has 0 saturated carbocycles. The van der Waals surface area contributed by atoms with E-state index in [2.05, 4.69) is 5.32 Å². The first-order valence-electron chi connectivity index (χ1n) is 4.40. The predicted molar refractivity (Wildman–Crippen MR) is 51.9 cm³/mol. The van der Waals surface area contributed by atoms with Crippen LogP contribution < -0.4 is 5.32 Å². The quantitative estimate of drug-likeness (QED) is 0.735. The summed E-state index contributed by atoms with van der Waals surface area (Å²) in [5, 5.41) is 3.62. The van der Waals surface area contributed by atoms with Crippen molar-refractivity contribution < 1.29 is 8.63 Å². The van der Waals surface area contributed by atoms with Crippen LogP contribution in [-0.4, -0.2) is 21.8 Å². The molecule has 0 aromatic carbocycles. The van der Waals surface area contributed by atoms with Crippen molar-refractivity contribution in [1.82, 2.24) is 5.32 Å². The van der Waals surface area contributed by atoms with Crippen molar-refractivity contribution in [2.75, 3.05) is 12.3 Å². The van der Waals surface area contributed by atoms with E-state index in [0.717, 1.165) is 12.1 Å². The van der Waals surface area contributed by atoms with Crippen molar-refractivity contribution in [3.8, 4) is 0 Å². The number of rotatable bonds is 1. The standard InChI is InChI=1S/C9H13NO2S/c1-7-4-10-9(6-13(7)11)8-2-3-12-5-8/h2-3,5,7,9-10H,4,6H2,1H3. The first-order valence-corrected chi connectivity index (χ1v) is 5.78. The average molecular weight is 199 g/mol. The van der Waals surface area contributed by atoms with Gasteiger partial charge in [-0.15, -0.1) is 0 Å². The van der Waals surface area contributed by atoms with Crippen molar-refractivity contribution in [2.24, 2.45) is 0 Å². The van der Waals surface area contributed by atoms with Crippen molar-refractivity contribution in [2.45, 2.75) is 18.2 Å². The summed E-state index contributed by atoms with van der Waals surface area (Å²) in [6, 6.07) is 2.13. The van der Waals surface area contributed by atoms with Gasteiger partial charge in [0.1, 0.15) is 0 Å².